The van der Waals surface area contributed by atoms with E-state index >= 15 is 0 Å². The molecule has 0 aliphatic heterocycles. The highest BCUT2D eigenvalue weighted by Crippen LogP contribution is 2.05. The minimum atomic E-state index is 0.756. The summed E-state index contributed by atoms with van der Waals surface area (Å²) in [5.74, 6) is 1.72. The van der Waals surface area contributed by atoms with Crippen LogP contribution in [-0.2, 0) is 0 Å². The van der Waals surface area contributed by atoms with Crippen LogP contribution in [0.1, 0.15) is 13.8 Å². The highest BCUT2D eigenvalue weighted by Gasteiger charge is 1.91. The van der Waals surface area contributed by atoms with Crippen molar-refractivity contribution in [2.45, 2.75) is 13.8 Å². The van der Waals surface area contributed by atoms with Crippen molar-refractivity contribution in [2.24, 2.45) is 5.16 Å². The third-order valence-corrected chi connectivity index (χ3v) is 2.15. The van der Waals surface area contributed by atoms with Crippen LogP contribution in [0.15, 0.2) is 17.3 Å². The lowest BCUT2D eigenvalue weighted by Gasteiger charge is -1.97. The van der Waals surface area contributed by atoms with Crippen molar-refractivity contribution >= 4 is 17.5 Å². The van der Waals surface area contributed by atoms with E-state index in [1.54, 1.807) is 18.7 Å². The number of nitrogens with zero attached hydrogens (tertiary/aromatic N) is 1. The summed E-state index contributed by atoms with van der Waals surface area (Å²) in [7, 11) is 0. The first-order chi connectivity index (χ1) is 4.66. The van der Waals surface area contributed by atoms with Gasteiger partial charge in [-0.25, -0.2) is 0 Å². The summed E-state index contributed by atoms with van der Waals surface area (Å²) in [6.45, 7) is 7.54. The van der Waals surface area contributed by atoms with Crippen LogP contribution in [0.3, 0.4) is 0 Å². The van der Waals surface area contributed by atoms with E-state index in [4.69, 9.17) is 5.21 Å². The third-order valence-electron chi connectivity index (χ3n) is 0.830. The number of oxime groups is 1. The van der Waals surface area contributed by atoms with Crippen LogP contribution in [-0.4, -0.2) is 22.4 Å². The molecule has 2 nitrogen and oxygen atoms in total. The molecule has 0 rings (SSSR count). The number of rotatable bonds is 4. The Balaban J connectivity index is 3.29. The van der Waals surface area contributed by atoms with Gasteiger partial charge in [-0.2, -0.15) is 11.8 Å². The van der Waals surface area contributed by atoms with Gasteiger partial charge >= 0.3 is 0 Å². The maximum absolute atomic E-state index is 8.25. The van der Waals surface area contributed by atoms with Gasteiger partial charge in [0.1, 0.15) is 0 Å². The van der Waals surface area contributed by atoms with Crippen molar-refractivity contribution in [2.75, 3.05) is 11.5 Å². The summed E-state index contributed by atoms with van der Waals surface area (Å²) < 4.78 is 0. The van der Waals surface area contributed by atoms with E-state index in [-0.39, 0.29) is 0 Å². The standard InChI is InChI=1S/C7H13NOS/c1-6(2)4-10-5-7(3)8-9/h9H,1,4-5H2,2-3H3/b8-7+. The van der Waals surface area contributed by atoms with Crippen molar-refractivity contribution in [1.82, 2.24) is 0 Å². The van der Waals surface area contributed by atoms with E-state index in [0.29, 0.717) is 0 Å². The Morgan fingerprint density at radius 2 is 2.10 bits per heavy atom. The molecule has 1 N–H and O–H groups in total. The van der Waals surface area contributed by atoms with E-state index in [1.165, 1.54) is 0 Å². The van der Waals surface area contributed by atoms with Crippen molar-refractivity contribution in [3.8, 4) is 0 Å². The highest BCUT2D eigenvalue weighted by molar-refractivity contribution is 8.00. The molecule has 10 heavy (non-hydrogen) atoms. The molecule has 0 radical (unpaired) electrons. The second kappa shape index (κ2) is 5.35. The first-order valence-electron chi connectivity index (χ1n) is 3.06. The van der Waals surface area contributed by atoms with Crippen molar-refractivity contribution in [3.05, 3.63) is 12.2 Å². The molecule has 0 saturated heterocycles. The van der Waals surface area contributed by atoms with Crippen LogP contribution in [0.4, 0.5) is 0 Å². The molecule has 0 bridgehead atoms. The Morgan fingerprint density at radius 3 is 2.50 bits per heavy atom. The summed E-state index contributed by atoms with van der Waals surface area (Å²) in [4.78, 5) is 0. The van der Waals surface area contributed by atoms with E-state index in [9.17, 15) is 0 Å². The van der Waals surface area contributed by atoms with Crippen LogP contribution in [0, 0.1) is 0 Å². The minimum Gasteiger partial charge on any atom is -0.411 e. The first-order valence-corrected chi connectivity index (χ1v) is 4.22. The summed E-state index contributed by atoms with van der Waals surface area (Å²) in [6.07, 6.45) is 0. The lowest BCUT2D eigenvalue weighted by molar-refractivity contribution is 0.318. The van der Waals surface area contributed by atoms with Crippen LogP contribution in [0.2, 0.25) is 0 Å². The molecule has 3 heteroatoms. The lowest BCUT2D eigenvalue weighted by Crippen LogP contribution is -1.95. The molecule has 0 aromatic heterocycles. The molecule has 0 heterocycles. The molecule has 0 aliphatic carbocycles. The van der Waals surface area contributed by atoms with Gasteiger partial charge in [0.05, 0.1) is 5.71 Å². The Labute approximate surface area is 66.0 Å². The number of hydrogen-bond acceptors (Lipinski definition) is 3. The minimum absolute atomic E-state index is 0.756. The quantitative estimate of drug-likeness (QED) is 0.295. The van der Waals surface area contributed by atoms with E-state index in [0.717, 1.165) is 22.8 Å². The molecular formula is C7H13NOS. The zero-order valence-electron chi connectivity index (χ0n) is 6.42. The topological polar surface area (TPSA) is 32.6 Å². The lowest BCUT2D eigenvalue weighted by atomic mass is 10.4. The fourth-order valence-electron chi connectivity index (χ4n) is 0.402. The van der Waals surface area contributed by atoms with Gasteiger partial charge in [0.15, 0.2) is 0 Å². The van der Waals surface area contributed by atoms with Gasteiger partial charge in [0, 0.05) is 11.5 Å². The number of thioether (sulfide) groups is 1. The van der Waals surface area contributed by atoms with E-state index in [1.807, 2.05) is 6.92 Å². The molecule has 0 fully saturated rings. The maximum Gasteiger partial charge on any atom is 0.0638 e. The van der Waals surface area contributed by atoms with Gasteiger partial charge in [0.25, 0.3) is 0 Å². The maximum atomic E-state index is 8.25. The molecule has 0 saturated carbocycles. The van der Waals surface area contributed by atoms with Crippen molar-refractivity contribution in [3.63, 3.8) is 0 Å². The van der Waals surface area contributed by atoms with Gasteiger partial charge in [-0.3, -0.25) is 0 Å². The second-order valence-corrected chi connectivity index (χ2v) is 3.27. The van der Waals surface area contributed by atoms with Crippen LogP contribution >= 0.6 is 11.8 Å². The summed E-state index contributed by atoms with van der Waals surface area (Å²) in [5, 5.41) is 11.3. The van der Waals surface area contributed by atoms with Crippen LogP contribution < -0.4 is 0 Å². The van der Waals surface area contributed by atoms with Crippen molar-refractivity contribution in [1.29, 1.82) is 0 Å². The molecular weight excluding hydrogens is 146 g/mol. The molecule has 0 aliphatic rings. The largest absolute Gasteiger partial charge is 0.411 e. The Morgan fingerprint density at radius 1 is 1.50 bits per heavy atom. The van der Waals surface area contributed by atoms with E-state index in [2.05, 4.69) is 11.7 Å². The Hall–Kier alpha value is -0.440. The first kappa shape index (κ1) is 9.56. The average Bonchev–Trinajstić information content (AvgIpc) is 1.87. The fourth-order valence-corrected chi connectivity index (χ4v) is 1.21. The van der Waals surface area contributed by atoms with Crippen molar-refractivity contribution < 1.29 is 5.21 Å². The fraction of sp³-hybridized carbons (Fsp3) is 0.571. The average molecular weight is 159 g/mol. The van der Waals surface area contributed by atoms with Crippen LogP contribution in [0.25, 0.3) is 0 Å². The molecule has 0 aromatic carbocycles. The normalized spacial score (nSPS) is 11.6. The van der Waals surface area contributed by atoms with Crippen LogP contribution in [0.5, 0.6) is 0 Å². The molecule has 0 unspecified atom stereocenters. The Kier molecular flexibility index (Phi) is 5.12. The third kappa shape index (κ3) is 5.69. The second-order valence-electron chi connectivity index (χ2n) is 2.29. The van der Waals surface area contributed by atoms with Gasteiger partial charge in [-0.05, 0) is 13.8 Å². The highest BCUT2D eigenvalue weighted by atomic mass is 32.2. The number of hydrogen-bond donors (Lipinski definition) is 1. The smallest absolute Gasteiger partial charge is 0.0638 e. The molecule has 0 atom stereocenters. The molecule has 58 valence electrons. The SMILES string of the molecule is C=C(C)CSC/C(C)=N/O. The molecule has 0 aromatic rings. The van der Waals surface area contributed by atoms with Gasteiger partial charge in [-0.15, -0.1) is 0 Å². The van der Waals surface area contributed by atoms with Gasteiger partial charge in [-0.1, -0.05) is 17.3 Å². The molecule has 0 spiro atoms. The predicted molar refractivity (Wildman–Crippen MR) is 47.0 cm³/mol. The Bertz CT molecular complexity index is 143. The zero-order chi connectivity index (χ0) is 7.98. The summed E-state index contributed by atoms with van der Waals surface area (Å²) in [5.41, 5.74) is 1.90. The van der Waals surface area contributed by atoms with Gasteiger partial charge in [0.2, 0.25) is 0 Å². The molecule has 0 amide bonds. The van der Waals surface area contributed by atoms with E-state index < -0.39 is 0 Å². The summed E-state index contributed by atoms with van der Waals surface area (Å²) >= 11 is 1.70. The van der Waals surface area contributed by atoms with Gasteiger partial charge < -0.3 is 5.21 Å². The summed E-state index contributed by atoms with van der Waals surface area (Å²) in [6, 6.07) is 0. The monoisotopic (exact) mass is 159 g/mol. The zero-order valence-corrected chi connectivity index (χ0v) is 7.24. The predicted octanol–water partition coefficient (Wildman–Crippen LogP) is 2.15.